The summed E-state index contributed by atoms with van der Waals surface area (Å²) in [5, 5.41) is 5.53. The summed E-state index contributed by atoms with van der Waals surface area (Å²) in [6.07, 6.45) is 2.78. The second kappa shape index (κ2) is 8.36. The molecule has 0 radical (unpaired) electrons. The van der Waals surface area contributed by atoms with Crippen LogP contribution in [0.15, 0.2) is 47.0 Å². The van der Waals surface area contributed by atoms with Crippen molar-refractivity contribution in [2.24, 2.45) is 0 Å². The van der Waals surface area contributed by atoms with E-state index in [9.17, 15) is 8.78 Å². The van der Waals surface area contributed by atoms with E-state index in [4.69, 9.17) is 10.3 Å². The van der Waals surface area contributed by atoms with Gasteiger partial charge in [0.2, 0.25) is 0 Å². The van der Waals surface area contributed by atoms with Gasteiger partial charge < -0.3 is 15.2 Å². The Morgan fingerprint density at radius 2 is 1.94 bits per heavy atom. The molecule has 2 aromatic heterocycles. The zero-order valence-electron chi connectivity index (χ0n) is 16.9. The number of likely N-dealkylation sites (tertiary alicyclic amines) is 1. The second-order valence-corrected chi connectivity index (χ2v) is 8.99. The predicted molar refractivity (Wildman–Crippen MR) is 118 cm³/mol. The lowest BCUT2D eigenvalue weighted by Crippen LogP contribution is -2.22. The summed E-state index contributed by atoms with van der Waals surface area (Å²) >= 11 is 1.53. The van der Waals surface area contributed by atoms with E-state index in [1.54, 1.807) is 18.2 Å². The topological polar surface area (TPSA) is 68.2 Å². The van der Waals surface area contributed by atoms with E-state index < -0.39 is 0 Å². The summed E-state index contributed by atoms with van der Waals surface area (Å²) in [6, 6.07) is 11.0. The number of aryl methyl sites for hydroxylation is 1. The molecule has 1 atom stereocenters. The van der Waals surface area contributed by atoms with E-state index in [0.29, 0.717) is 16.6 Å². The Morgan fingerprint density at radius 3 is 2.77 bits per heavy atom. The molecule has 5 rings (SSSR count). The number of thiazole rings is 1. The van der Waals surface area contributed by atoms with Crippen molar-refractivity contribution in [3.05, 3.63) is 64.7 Å². The molecular weight excluding hydrogens is 418 g/mol. The highest BCUT2D eigenvalue weighted by molar-refractivity contribution is 7.15. The number of nitrogen functional groups attached to an aromatic ring is 1. The van der Waals surface area contributed by atoms with Crippen LogP contribution < -0.4 is 5.73 Å². The van der Waals surface area contributed by atoms with Gasteiger partial charge in [0.15, 0.2) is 10.7 Å². The van der Waals surface area contributed by atoms with Gasteiger partial charge >= 0.3 is 0 Å². The molecule has 2 aromatic carbocycles. The maximum absolute atomic E-state index is 13.3. The molecule has 0 saturated carbocycles. The summed E-state index contributed by atoms with van der Waals surface area (Å²) in [7, 11) is 0. The third kappa shape index (κ3) is 4.18. The fraction of sp³-hybridized carbons (Fsp3) is 0.304. The lowest BCUT2D eigenvalue weighted by atomic mass is 10.0. The molecule has 3 heterocycles. The molecule has 0 bridgehead atoms. The van der Waals surface area contributed by atoms with Gasteiger partial charge in [-0.2, -0.15) is 0 Å². The molecule has 0 amide bonds. The van der Waals surface area contributed by atoms with Crippen LogP contribution in [0.5, 0.6) is 0 Å². The van der Waals surface area contributed by atoms with Gasteiger partial charge in [-0.05, 0) is 68.8 Å². The van der Waals surface area contributed by atoms with Crippen LogP contribution in [-0.4, -0.2) is 34.7 Å². The molecule has 1 saturated heterocycles. The highest BCUT2D eigenvalue weighted by Crippen LogP contribution is 2.39. The van der Waals surface area contributed by atoms with E-state index in [2.05, 4.69) is 15.0 Å². The first-order chi connectivity index (χ1) is 15.1. The van der Waals surface area contributed by atoms with Gasteiger partial charge in [0, 0.05) is 34.4 Å². The number of aromatic nitrogens is 2. The van der Waals surface area contributed by atoms with Crippen LogP contribution >= 0.6 is 11.3 Å². The lowest BCUT2D eigenvalue weighted by Gasteiger charge is -2.15. The minimum absolute atomic E-state index is 0.259. The van der Waals surface area contributed by atoms with Crippen molar-refractivity contribution < 1.29 is 13.3 Å². The van der Waals surface area contributed by atoms with Crippen molar-refractivity contribution in [3.8, 4) is 11.3 Å². The summed E-state index contributed by atoms with van der Waals surface area (Å²) in [5.74, 6) is -0.210. The van der Waals surface area contributed by atoms with Crippen molar-refractivity contribution in [2.75, 3.05) is 25.4 Å². The molecule has 1 aliphatic rings. The van der Waals surface area contributed by atoms with Crippen LogP contribution in [0, 0.1) is 11.6 Å². The smallest absolute Gasteiger partial charge is 0.180 e. The number of hydrogen-bond acceptors (Lipinski definition) is 6. The summed E-state index contributed by atoms with van der Waals surface area (Å²) in [6.45, 7) is 2.91. The summed E-state index contributed by atoms with van der Waals surface area (Å²) in [5.41, 5.74) is 9.16. The number of halogens is 2. The van der Waals surface area contributed by atoms with Crippen LogP contribution in [0.1, 0.15) is 29.3 Å². The first kappa shape index (κ1) is 20.1. The molecule has 4 aromatic rings. The molecule has 0 aliphatic carbocycles. The van der Waals surface area contributed by atoms with Crippen molar-refractivity contribution >= 4 is 27.4 Å². The minimum Gasteiger partial charge on any atom is -0.375 e. The highest BCUT2D eigenvalue weighted by atomic mass is 32.1. The molecule has 31 heavy (non-hydrogen) atoms. The Bertz CT molecular complexity index is 1200. The van der Waals surface area contributed by atoms with Gasteiger partial charge in [-0.25, -0.2) is 13.8 Å². The molecule has 160 valence electrons. The fourth-order valence-electron chi connectivity index (χ4n) is 4.30. The number of nitrogens with zero attached hydrogens (tertiary/aromatic N) is 3. The van der Waals surface area contributed by atoms with Crippen LogP contribution in [0.2, 0.25) is 0 Å². The van der Waals surface area contributed by atoms with Crippen LogP contribution in [0.25, 0.3) is 22.2 Å². The quantitative estimate of drug-likeness (QED) is 0.444. The molecular formula is C23H22F2N4OS. The third-order valence-electron chi connectivity index (χ3n) is 5.83. The molecule has 1 fully saturated rings. The molecule has 0 spiro atoms. The van der Waals surface area contributed by atoms with Gasteiger partial charge in [0.1, 0.15) is 11.6 Å². The van der Waals surface area contributed by atoms with Crippen LogP contribution in [-0.2, 0) is 6.42 Å². The zero-order valence-corrected chi connectivity index (χ0v) is 17.7. The summed E-state index contributed by atoms with van der Waals surface area (Å²) in [4.78, 5) is 8.14. The van der Waals surface area contributed by atoms with Gasteiger partial charge in [-0.3, -0.25) is 0 Å². The average molecular weight is 441 g/mol. The minimum atomic E-state index is -0.318. The zero-order chi connectivity index (χ0) is 21.4. The molecule has 8 heteroatoms. The van der Waals surface area contributed by atoms with Crippen molar-refractivity contribution in [3.63, 3.8) is 0 Å². The number of nitrogens with two attached hydrogens (primary N) is 1. The van der Waals surface area contributed by atoms with Crippen molar-refractivity contribution in [1.82, 2.24) is 15.0 Å². The van der Waals surface area contributed by atoms with Gasteiger partial charge in [0.05, 0.1) is 11.4 Å². The maximum Gasteiger partial charge on any atom is 0.180 e. The van der Waals surface area contributed by atoms with E-state index >= 15 is 0 Å². The lowest BCUT2D eigenvalue weighted by molar-refractivity contribution is 0.328. The Morgan fingerprint density at radius 1 is 1.13 bits per heavy atom. The second-order valence-electron chi connectivity index (χ2n) is 7.93. The average Bonchev–Trinajstić information content (AvgIpc) is 3.47. The molecule has 1 aliphatic heterocycles. The standard InChI is InChI=1S/C23H22F2N4OS/c24-16-5-3-14(4-6-16)21-22(31-23(26)27-21)15-9-11-29(13-15)10-1-2-19-18-8-7-17(25)12-20(18)30-28-19/h3-8,12,15H,1-2,9-11,13H2,(H2,26,27). The largest absolute Gasteiger partial charge is 0.375 e. The van der Waals surface area contributed by atoms with E-state index in [0.717, 1.165) is 61.2 Å². The third-order valence-corrected chi connectivity index (χ3v) is 6.87. The number of benzene rings is 2. The number of hydrogen-bond donors (Lipinski definition) is 1. The van der Waals surface area contributed by atoms with Crippen LogP contribution in [0.3, 0.4) is 0 Å². The van der Waals surface area contributed by atoms with Crippen LogP contribution in [0.4, 0.5) is 13.9 Å². The van der Waals surface area contributed by atoms with E-state index in [-0.39, 0.29) is 11.6 Å². The van der Waals surface area contributed by atoms with E-state index in [1.807, 2.05) is 0 Å². The normalized spacial score (nSPS) is 17.0. The first-order valence-electron chi connectivity index (χ1n) is 10.3. The summed E-state index contributed by atoms with van der Waals surface area (Å²) < 4.78 is 31.9. The maximum atomic E-state index is 13.3. The Labute approximate surface area is 182 Å². The molecule has 5 nitrogen and oxygen atoms in total. The van der Waals surface area contributed by atoms with Gasteiger partial charge in [-0.1, -0.05) is 5.16 Å². The van der Waals surface area contributed by atoms with Crippen molar-refractivity contribution in [1.29, 1.82) is 0 Å². The van der Waals surface area contributed by atoms with Gasteiger partial charge in [0.25, 0.3) is 0 Å². The van der Waals surface area contributed by atoms with Crippen molar-refractivity contribution in [2.45, 2.75) is 25.2 Å². The van der Waals surface area contributed by atoms with E-state index in [1.165, 1.54) is 40.5 Å². The monoisotopic (exact) mass is 440 g/mol. The number of rotatable bonds is 6. The molecule has 2 N–H and O–H groups in total. The SMILES string of the molecule is Nc1nc(-c2ccc(F)cc2)c(C2CCN(CCCc3noc4cc(F)ccc34)C2)s1. The highest BCUT2D eigenvalue weighted by Gasteiger charge is 2.28. The number of anilines is 1. The fourth-order valence-corrected chi connectivity index (χ4v) is 5.29. The Hall–Kier alpha value is -2.84. The Balaban J connectivity index is 1.22. The Kier molecular flexibility index (Phi) is 5.41. The van der Waals surface area contributed by atoms with Gasteiger partial charge in [-0.15, -0.1) is 11.3 Å². The number of fused-ring (bicyclic) bond motifs is 1. The predicted octanol–water partition coefficient (Wildman–Crippen LogP) is 5.23. The first-order valence-corrected chi connectivity index (χ1v) is 11.2. The molecule has 1 unspecified atom stereocenters.